The molecular weight excluding hydrogens is 202 g/mol. The summed E-state index contributed by atoms with van der Waals surface area (Å²) in [5, 5.41) is 0. The van der Waals surface area contributed by atoms with Gasteiger partial charge in [-0.15, -0.1) is 0 Å². The molecule has 0 saturated carbocycles. The fourth-order valence-corrected chi connectivity index (χ4v) is 2.11. The van der Waals surface area contributed by atoms with E-state index in [9.17, 15) is 4.79 Å². The summed E-state index contributed by atoms with van der Waals surface area (Å²) in [6.07, 6.45) is 1.92. The van der Waals surface area contributed by atoms with Gasteiger partial charge in [-0.3, -0.25) is 9.78 Å². The number of hydrogen-bond donors (Lipinski definition) is 0. The zero-order valence-electron chi connectivity index (χ0n) is 9.82. The van der Waals surface area contributed by atoms with E-state index in [4.69, 9.17) is 4.74 Å². The van der Waals surface area contributed by atoms with Gasteiger partial charge >= 0.3 is 0 Å². The molecule has 0 bridgehead atoms. The molecule has 0 aliphatic carbocycles. The maximum Gasteiger partial charge on any atom is 0.170 e. The van der Waals surface area contributed by atoms with Gasteiger partial charge in [-0.1, -0.05) is 0 Å². The van der Waals surface area contributed by atoms with Crippen molar-refractivity contribution in [2.45, 2.75) is 26.7 Å². The van der Waals surface area contributed by atoms with Crippen molar-refractivity contribution in [2.75, 3.05) is 13.2 Å². The molecule has 0 aromatic carbocycles. The number of aromatic nitrogens is 1. The van der Waals surface area contributed by atoms with E-state index in [-0.39, 0.29) is 11.7 Å². The molecule has 86 valence electrons. The topological polar surface area (TPSA) is 39.2 Å². The second kappa shape index (κ2) is 4.74. The zero-order chi connectivity index (χ0) is 11.5. The van der Waals surface area contributed by atoms with Crippen LogP contribution in [0.5, 0.6) is 0 Å². The second-order valence-electron chi connectivity index (χ2n) is 4.36. The quantitative estimate of drug-likeness (QED) is 0.716. The van der Waals surface area contributed by atoms with Gasteiger partial charge in [0.1, 0.15) is 0 Å². The van der Waals surface area contributed by atoms with Gasteiger partial charge in [-0.2, -0.15) is 0 Å². The average molecular weight is 219 g/mol. The molecule has 0 radical (unpaired) electrons. The minimum atomic E-state index is 0.0250. The van der Waals surface area contributed by atoms with Crippen molar-refractivity contribution < 1.29 is 9.53 Å². The van der Waals surface area contributed by atoms with Gasteiger partial charge in [0.15, 0.2) is 5.78 Å². The van der Waals surface area contributed by atoms with Crippen molar-refractivity contribution in [2.24, 2.45) is 5.92 Å². The minimum absolute atomic E-state index is 0.0250. The molecule has 3 heteroatoms. The summed E-state index contributed by atoms with van der Waals surface area (Å²) in [4.78, 5) is 16.5. The van der Waals surface area contributed by atoms with E-state index in [1.807, 2.05) is 26.0 Å². The first-order valence-electron chi connectivity index (χ1n) is 5.74. The van der Waals surface area contributed by atoms with Crippen LogP contribution >= 0.6 is 0 Å². The molecule has 0 N–H and O–H groups in total. The van der Waals surface area contributed by atoms with Crippen LogP contribution in [0.4, 0.5) is 0 Å². The number of ether oxygens (including phenoxy) is 1. The van der Waals surface area contributed by atoms with Gasteiger partial charge < -0.3 is 4.74 Å². The van der Waals surface area contributed by atoms with Crippen molar-refractivity contribution in [3.05, 3.63) is 29.1 Å². The third kappa shape index (κ3) is 2.30. The monoisotopic (exact) mass is 219 g/mol. The Morgan fingerprint density at radius 3 is 2.88 bits per heavy atom. The number of Topliss-reactive ketones (excluding diaryl/α,β-unsaturated/α-hetero) is 1. The van der Waals surface area contributed by atoms with Gasteiger partial charge in [0.05, 0.1) is 6.61 Å². The standard InChI is InChI=1S/C13H17NO2/c1-9-5-6-12(10(2)14-9)13(15)11-4-3-7-16-8-11/h5-6,11H,3-4,7-8H2,1-2H3. The first-order chi connectivity index (χ1) is 7.68. The Morgan fingerprint density at radius 2 is 2.25 bits per heavy atom. The predicted octanol–water partition coefficient (Wildman–Crippen LogP) is 2.31. The Morgan fingerprint density at radius 1 is 1.44 bits per heavy atom. The molecule has 1 saturated heterocycles. The van der Waals surface area contributed by atoms with Gasteiger partial charge in [0.25, 0.3) is 0 Å². The Hall–Kier alpha value is -1.22. The number of carbonyl (C=O) groups excluding carboxylic acids is 1. The summed E-state index contributed by atoms with van der Waals surface area (Å²) in [5.41, 5.74) is 2.53. The predicted molar refractivity (Wildman–Crippen MR) is 61.6 cm³/mol. The van der Waals surface area contributed by atoms with E-state index >= 15 is 0 Å². The van der Waals surface area contributed by atoms with Crippen LogP contribution in [0, 0.1) is 19.8 Å². The fraction of sp³-hybridized carbons (Fsp3) is 0.538. The number of rotatable bonds is 2. The van der Waals surface area contributed by atoms with Gasteiger partial charge in [-0.05, 0) is 38.8 Å². The molecule has 1 atom stereocenters. The number of aryl methyl sites for hydroxylation is 2. The highest BCUT2D eigenvalue weighted by atomic mass is 16.5. The zero-order valence-corrected chi connectivity index (χ0v) is 9.82. The molecule has 3 nitrogen and oxygen atoms in total. The lowest BCUT2D eigenvalue weighted by Crippen LogP contribution is -2.26. The lowest BCUT2D eigenvalue weighted by molar-refractivity contribution is 0.0460. The normalized spacial score (nSPS) is 20.8. The molecule has 2 heterocycles. The van der Waals surface area contributed by atoms with E-state index in [1.165, 1.54) is 0 Å². The lowest BCUT2D eigenvalue weighted by atomic mass is 9.92. The highest BCUT2D eigenvalue weighted by molar-refractivity contribution is 5.98. The van der Waals surface area contributed by atoms with E-state index in [0.29, 0.717) is 6.61 Å². The highest BCUT2D eigenvalue weighted by Crippen LogP contribution is 2.20. The van der Waals surface area contributed by atoms with Crippen molar-refractivity contribution >= 4 is 5.78 Å². The lowest BCUT2D eigenvalue weighted by Gasteiger charge is -2.21. The molecular formula is C13H17NO2. The highest BCUT2D eigenvalue weighted by Gasteiger charge is 2.24. The third-order valence-corrected chi connectivity index (χ3v) is 3.02. The summed E-state index contributed by atoms with van der Waals surface area (Å²) in [6.45, 7) is 5.18. The number of ketones is 1. The first-order valence-corrected chi connectivity index (χ1v) is 5.74. The van der Waals surface area contributed by atoms with Crippen LogP contribution in [0.2, 0.25) is 0 Å². The van der Waals surface area contributed by atoms with Gasteiger partial charge in [-0.25, -0.2) is 0 Å². The van der Waals surface area contributed by atoms with E-state index in [2.05, 4.69) is 4.98 Å². The van der Waals surface area contributed by atoms with Crippen LogP contribution in [-0.4, -0.2) is 24.0 Å². The molecule has 1 aliphatic rings. The fourth-order valence-electron chi connectivity index (χ4n) is 2.11. The van der Waals surface area contributed by atoms with Crippen molar-refractivity contribution in [1.29, 1.82) is 0 Å². The van der Waals surface area contributed by atoms with Crippen molar-refractivity contribution in [1.82, 2.24) is 4.98 Å². The first kappa shape index (κ1) is 11.3. The van der Waals surface area contributed by atoms with Crippen molar-refractivity contribution in [3.8, 4) is 0 Å². The molecule has 1 aromatic heterocycles. The molecule has 0 spiro atoms. The SMILES string of the molecule is Cc1ccc(C(=O)C2CCCOC2)c(C)n1. The summed E-state index contributed by atoms with van der Waals surface area (Å²) < 4.78 is 5.35. The third-order valence-electron chi connectivity index (χ3n) is 3.02. The van der Waals surface area contributed by atoms with E-state index < -0.39 is 0 Å². The summed E-state index contributed by atoms with van der Waals surface area (Å²) in [5.74, 6) is 0.210. The van der Waals surface area contributed by atoms with Crippen LogP contribution < -0.4 is 0 Å². The summed E-state index contributed by atoms with van der Waals surface area (Å²) in [7, 11) is 0. The largest absolute Gasteiger partial charge is 0.381 e. The molecule has 2 rings (SSSR count). The molecule has 0 amide bonds. The maximum atomic E-state index is 12.2. The van der Waals surface area contributed by atoms with E-state index in [0.717, 1.165) is 36.4 Å². The van der Waals surface area contributed by atoms with Gasteiger partial charge in [0.2, 0.25) is 0 Å². The number of pyridine rings is 1. The number of carbonyl (C=O) groups is 1. The smallest absolute Gasteiger partial charge is 0.170 e. The minimum Gasteiger partial charge on any atom is -0.381 e. The molecule has 1 aromatic rings. The molecule has 1 fully saturated rings. The maximum absolute atomic E-state index is 12.2. The summed E-state index contributed by atoms with van der Waals surface area (Å²) >= 11 is 0. The van der Waals surface area contributed by atoms with Crippen LogP contribution in [-0.2, 0) is 4.74 Å². The van der Waals surface area contributed by atoms with Crippen LogP contribution in [0.1, 0.15) is 34.6 Å². The Balaban J connectivity index is 2.19. The average Bonchev–Trinajstić information content (AvgIpc) is 2.29. The molecule has 1 aliphatic heterocycles. The Labute approximate surface area is 95.8 Å². The Bertz CT molecular complexity index is 395. The van der Waals surface area contributed by atoms with E-state index in [1.54, 1.807) is 0 Å². The molecule has 16 heavy (non-hydrogen) atoms. The van der Waals surface area contributed by atoms with Crippen LogP contribution in [0.25, 0.3) is 0 Å². The second-order valence-corrected chi connectivity index (χ2v) is 4.36. The summed E-state index contributed by atoms with van der Waals surface area (Å²) in [6, 6.07) is 3.78. The van der Waals surface area contributed by atoms with Crippen LogP contribution in [0.3, 0.4) is 0 Å². The van der Waals surface area contributed by atoms with Crippen LogP contribution in [0.15, 0.2) is 12.1 Å². The van der Waals surface area contributed by atoms with Gasteiger partial charge in [0, 0.05) is 29.5 Å². The molecule has 1 unspecified atom stereocenters. The Kier molecular flexibility index (Phi) is 3.34. The number of hydrogen-bond acceptors (Lipinski definition) is 3. The van der Waals surface area contributed by atoms with Crippen molar-refractivity contribution in [3.63, 3.8) is 0 Å². The number of nitrogens with zero attached hydrogens (tertiary/aromatic N) is 1.